The molecule has 0 aromatic rings. The van der Waals surface area contributed by atoms with Gasteiger partial charge in [0.05, 0.1) is 6.10 Å². The van der Waals surface area contributed by atoms with Crippen LogP contribution in [-0.4, -0.2) is 11.2 Å². The zero-order valence-corrected chi connectivity index (χ0v) is 16.2. The van der Waals surface area contributed by atoms with Crippen LogP contribution < -0.4 is 0 Å². The van der Waals surface area contributed by atoms with E-state index in [9.17, 15) is 5.11 Å². The molecule has 3 fully saturated rings. The second kappa shape index (κ2) is 6.48. The number of allylic oxidation sites excluding steroid dienone is 3. The summed E-state index contributed by atoms with van der Waals surface area (Å²) in [6.07, 6.45) is 14.0. The standard InChI is InChI=1S/C23H36O/c1-16(2)20-12-14-22(4)19(7-6-13-23(20,22)5)11-10-18-9-8-17(3)21(24)15-18/h10-11,16,20-21,24H,3,6-9,12-15H2,1-2,4-5H3/b18-10-,19-11+/t20?,21-,22+,23-/m1/s1. The lowest BCUT2D eigenvalue weighted by Gasteiger charge is -2.51. The molecule has 0 spiro atoms. The summed E-state index contributed by atoms with van der Waals surface area (Å²) in [5, 5.41) is 10.1. The number of hydrogen-bond acceptors (Lipinski definition) is 1. The van der Waals surface area contributed by atoms with Gasteiger partial charge in [0.15, 0.2) is 0 Å². The first-order chi connectivity index (χ1) is 11.3. The van der Waals surface area contributed by atoms with Gasteiger partial charge in [-0.1, -0.05) is 57.6 Å². The highest BCUT2D eigenvalue weighted by atomic mass is 16.3. The van der Waals surface area contributed by atoms with Crippen LogP contribution in [0.1, 0.15) is 79.1 Å². The van der Waals surface area contributed by atoms with Crippen LogP contribution in [0.5, 0.6) is 0 Å². The van der Waals surface area contributed by atoms with E-state index in [-0.39, 0.29) is 6.10 Å². The minimum atomic E-state index is -0.326. The van der Waals surface area contributed by atoms with Crippen molar-refractivity contribution in [2.45, 2.75) is 85.2 Å². The van der Waals surface area contributed by atoms with Crippen LogP contribution in [-0.2, 0) is 0 Å². The SMILES string of the molecule is C=C1CC/C(=C/C=C2\CCC[C@]3(C)C(C(C)C)CC[C@@]23C)C[C@H]1O. The molecule has 3 aliphatic carbocycles. The van der Waals surface area contributed by atoms with Crippen LogP contribution >= 0.6 is 0 Å². The Morgan fingerprint density at radius 3 is 2.54 bits per heavy atom. The van der Waals surface area contributed by atoms with Gasteiger partial charge in [0.25, 0.3) is 0 Å². The van der Waals surface area contributed by atoms with E-state index in [0.29, 0.717) is 10.8 Å². The lowest BCUT2D eigenvalue weighted by atomic mass is 9.53. The molecule has 0 bridgehead atoms. The van der Waals surface area contributed by atoms with Crippen molar-refractivity contribution in [3.05, 3.63) is 35.5 Å². The highest BCUT2D eigenvalue weighted by Crippen LogP contribution is 2.66. The highest BCUT2D eigenvalue weighted by Gasteiger charge is 2.57. The van der Waals surface area contributed by atoms with Crippen LogP contribution in [0.4, 0.5) is 0 Å². The summed E-state index contributed by atoms with van der Waals surface area (Å²) in [4.78, 5) is 0. The Bertz CT molecular complexity index is 567. The van der Waals surface area contributed by atoms with E-state index in [1.54, 1.807) is 5.57 Å². The first-order valence-electron chi connectivity index (χ1n) is 10.0. The van der Waals surface area contributed by atoms with Gasteiger partial charge in [-0.25, -0.2) is 0 Å². The molecule has 0 saturated heterocycles. The summed E-state index contributed by atoms with van der Waals surface area (Å²) in [7, 11) is 0. The zero-order chi connectivity index (χ0) is 17.5. The molecule has 3 aliphatic rings. The molecule has 3 rings (SSSR count). The van der Waals surface area contributed by atoms with Gasteiger partial charge in [-0.05, 0) is 79.6 Å². The lowest BCUT2D eigenvalue weighted by Crippen LogP contribution is -2.42. The normalized spacial score (nSPS) is 43.7. The average Bonchev–Trinajstić information content (AvgIpc) is 2.80. The van der Waals surface area contributed by atoms with Crippen molar-refractivity contribution in [1.29, 1.82) is 0 Å². The predicted octanol–water partition coefficient (Wildman–Crippen LogP) is 6.20. The highest BCUT2D eigenvalue weighted by molar-refractivity contribution is 5.31. The monoisotopic (exact) mass is 328 g/mol. The first kappa shape index (κ1) is 18.0. The van der Waals surface area contributed by atoms with E-state index in [4.69, 9.17) is 0 Å². The Kier molecular flexibility index (Phi) is 4.86. The number of fused-ring (bicyclic) bond motifs is 1. The summed E-state index contributed by atoms with van der Waals surface area (Å²) in [5.74, 6) is 1.65. The number of rotatable bonds is 2. The fraction of sp³-hybridized carbons (Fsp3) is 0.739. The predicted molar refractivity (Wildman–Crippen MR) is 103 cm³/mol. The van der Waals surface area contributed by atoms with Crippen molar-refractivity contribution >= 4 is 0 Å². The third-order valence-electron chi connectivity index (χ3n) is 7.90. The Hall–Kier alpha value is -0.820. The fourth-order valence-electron chi connectivity index (χ4n) is 6.06. The number of aliphatic hydroxyl groups excluding tert-OH is 1. The Morgan fingerprint density at radius 2 is 1.88 bits per heavy atom. The van der Waals surface area contributed by atoms with E-state index in [2.05, 4.69) is 46.4 Å². The maximum atomic E-state index is 10.1. The molecule has 0 aromatic carbocycles. The van der Waals surface area contributed by atoms with E-state index >= 15 is 0 Å². The van der Waals surface area contributed by atoms with Crippen LogP contribution in [0.15, 0.2) is 35.5 Å². The summed E-state index contributed by atoms with van der Waals surface area (Å²) in [5.41, 5.74) is 4.91. The molecule has 1 heteroatoms. The third kappa shape index (κ3) is 2.83. The molecule has 0 aliphatic heterocycles. The van der Waals surface area contributed by atoms with E-state index in [1.807, 2.05) is 0 Å². The minimum absolute atomic E-state index is 0.326. The van der Waals surface area contributed by atoms with Crippen molar-refractivity contribution < 1.29 is 5.11 Å². The van der Waals surface area contributed by atoms with E-state index < -0.39 is 0 Å². The summed E-state index contributed by atoms with van der Waals surface area (Å²) in [6.45, 7) is 13.9. The smallest absolute Gasteiger partial charge is 0.0784 e. The number of aliphatic hydroxyl groups is 1. The largest absolute Gasteiger partial charge is 0.388 e. The second-order valence-corrected chi connectivity index (χ2v) is 9.39. The number of hydrogen-bond donors (Lipinski definition) is 1. The fourth-order valence-corrected chi connectivity index (χ4v) is 6.06. The van der Waals surface area contributed by atoms with Crippen molar-refractivity contribution in [1.82, 2.24) is 0 Å². The Balaban J connectivity index is 1.85. The molecular weight excluding hydrogens is 292 g/mol. The maximum Gasteiger partial charge on any atom is 0.0784 e. The molecule has 1 N–H and O–H groups in total. The molecule has 0 aromatic heterocycles. The molecule has 0 amide bonds. The first-order valence-corrected chi connectivity index (χ1v) is 10.0. The maximum absolute atomic E-state index is 10.1. The average molecular weight is 329 g/mol. The minimum Gasteiger partial charge on any atom is -0.388 e. The zero-order valence-electron chi connectivity index (χ0n) is 16.2. The van der Waals surface area contributed by atoms with Crippen LogP contribution in [0.2, 0.25) is 0 Å². The van der Waals surface area contributed by atoms with Gasteiger partial charge < -0.3 is 5.11 Å². The van der Waals surface area contributed by atoms with E-state index in [0.717, 1.165) is 36.7 Å². The topological polar surface area (TPSA) is 20.2 Å². The van der Waals surface area contributed by atoms with E-state index in [1.165, 1.54) is 37.7 Å². The summed E-state index contributed by atoms with van der Waals surface area (Å²) >= 11 is 0. The Morgan fingerprint density at radius 1 is 1.12 bits per heavy atom. The molecule has 1 unspecified atom stereocenters. The van der Waals surface area contributed by atoms with Gasteiger partial charge in [-0.15, -0.1) is 0 Å². The second-order valence-electron chi connectivity index (χ2n) is 9.39. The molecule has 4 atom stereocenters. The Labute approximate surface area is 148 Å². The molecular formula is C23H36O. The summed E-state index contributed by atoms with van der Waals surface area (Å²) in [6, 6.07) is 0. The van der Waals surface area contributed by atoms with Gasteiger partial charge in [0.1, 0.15) is 0 Å². The quantitative estimate of drug-likeness (QED) is 0.598. The van der Waals surface area contributed by atoms with Gasteiger partial charge in [-0.3, -0.25) is 0 Å². The molecule has 0 radical (unpaired) electrons. The lowest BCUT2D eigenvalue weighted by molar-refractivity contribution is 0.0405. The van der Waals surface area contributed by atoms with Crippen molar-refractivity contribution in [3.63, 3.8) is 0 Å². The van der Waals surface area contributed by atoms with Crippen molar-refractivity contribution in [2.24, 2.45) is 22.7 Å². The molecule has 134 valence electrons. The molecule has 0 heterocycles. The molecule has 3 saturated carbocycles. The van der Waals surface area contributed by atoms with Gasteiger partial charge in [-0.2, -0.15) is 0 Å². The van der Waals surface area contributed by atoms with Crippen LogP contribution in [0, 0.1) is 22.7 Å². The van der Waals surface area contributed by atoms with Crippen LogP contribution in [0.3, 0.4) is 0 Å². The van der Waals surface area contributed by atoms with Crippen LogP contribution in [0.25, 0.3) is 0 Å². The van der Waals surface area contributed by atoms with Crippen molar-refractivity contribution in [2.75, 3.05) is 0 Å². The van der Waals surface area contributed by atoms with Crippen molar-refractivity contribution in [3.8, 4) is 0 Å². The third-order valence-corrected chi connectivity index (χ3v) is 7.90. The molecule has 1 nitrogen and oxygen atoms in total. The summed E-state index contributed by atoms with van der Waals surface area (Å²) < 4.78 is 0. The molecule has 24 heavy (non-hydrogen) atoms. The van der Waals surface area contributed by atoms with Gasteiger partial charge in [0, 0.05) is 0 Å². The van der Waals surface area contributed by atoms with Gasteiger partial charge in [0.2, 0.25) is 0 Å². The van der Waals surface area contributed by atoms with Gasteiger partial charge >= 0.3 is 0 Å².